The molecule has 0 N–H and O–H groups in total. The predicted octanol–water partition coefficient (Wildman–Crippen LogP) is 3.43. The third-order valence-corrected chi connectivity index (χ3v) is 5.31. The molecule has 5 heteroatoms. The topological polar surface area (TPSA) is 60.2 Å². The zero-order chi connectivity index (χ0) is 20.1. The Bertz CT molecular complexity index is 949. The van der Waals surface area contributed by atoms with Crippen molar-refractivity contribution in [1.29, 1.82) is 5.26 Å². The third-order valence-electron chi connectivity index (χ3n) is 5.31. The van der Waals surface area contributed by atoms with Crippen LogP contribution in [-0.4, -0.2) is 42.0 Å². The number of amides is 1. The summed E-state index contributed by atoms with van der Waals surface area (Å²) in [5.74, 6) is 0.686. The van der Waals surface area contributed by atoms with Gasteiger partial charge in [-0.2, -0.15) is 5.26 Å². The summed E-state index contributed by atoms with van der Waals surface area (Å²) < 4.78 is 0. The monoisotopic (exact) mass is 382 g/mol. The molecule has 1 aliphatic rings. The fourth-order valence-corrected chi connectivity index (χ4v) is 3.75. The van der Waals surface area contributed by atoms with Crippen LogP contribution < -0.4 is 4.90 Å². The number of pyridine rings is 1. The molecule has 0 spiro atoms. The maximum absolute atomic E-state index is 13.5. The van der Waals surface area contributed by atoms with Gasteiger partial charge < -0.3 is 9.80 Å². The van der Waals surface area contributed by atoms with E-state index in [0.29, 0.717) is 18.7 Å². The Kier molecular flexibility index (Phi) is 5.53. The molecule has 1 aliphatic heterocycles. The van der Waals surface area contributed by atoms with E-state index in [9.17, 15) is 4.79 Å². The van der Waals surface area contributed by atoms with E-state index < -0.39 is 0 Å². The van der Waals surface area contributed by atoms with Crippen LogP contribution in [0.25, 0.3) is 0 Å². The van der Waals surface area contributed by atoms with Crippen LogP contribution >= 0.6 is 0 Å². The third kappa shape index (κ3) is 4.12. The zero-order valence-corrected chi connectivity index (χ0v) is 16.1. The molecule has 0 unspecified atom stereocenters. The van der Waals surface area contributed by atoms with Crippen molar-refractivity contribution in [3.8, 4) is 6.07 Å². The van der Waals surface area contributed by atoms with E-state index in [1.807, 2.05) is 71.6 Å². The predicted molar refractivity (Wildman–Crippen MR) is 112 cm³/mol. The van der Waals surface area contributed by atoms with Crippen molar-refractivity contribution >= 4 is 11.7 Å². The lowest BCUT2D eigenvalue weighted by Gasteiger charge is -2.37. The van der Waals surface area contributed by atoms with Gasteiger partial charge in [-0.15, -0.1) is 0 Å². The van der Waals surface area contributed by atoms with Gasteiger partial charge in [0.2, 0.25) is 5.91 Å². The normalized spacial score (nSPS) is 13.9. The fourth-order valence-electron chi connectivity index (χ4n) is 3.75. The second-order valence-electron chi connectivity index (χ2n) is 7.08. The highest BCUT2D eigenvalue weighted by molar-refractivity contribution is 5.87. The molecule has 2 aromatic carbocycles. The first-order chi connectivity index (χ1) is 14.3. The number of hydrogen-bond acceptors (Lipinski definition) is 4. The van der Waals surface area contributed by atoms with Crippen LogP contribution in [0, 0.1) is 11.3 Å². The van der Waals surface area contributed by atoms with Crippen molar-refractivity contribution in [2.24, 2.45) is 0 Å². The number of benzene rings is 2. The molecule has 144 valence electrons. The van der Waals surface area contributed by atoms with E-state index in [0.717, 1.165) is 30.0 Å². The molecule has 1 saturated heterocycles. The van der Waals surface area contributed by atoms with E-state index in [2.05, 4.69) is 16.0 Å². The van der Waals surface area contributed by atoms with E-state index in [4.69, 9.17) is 5.26 Å². The van der Waals surface area contributed by atoms with Gasteiger partial charge in [-0.05, 0) is 23.3 Å². The molecule has 1 fully saturated rings. The number of carbonyl (C=O) groups excluding carboxylic acids is 1. The van der Waals surface area contributed by atoms with Crippen LogP contribution in [-0.2, 0) is 4.79 Å². The standard InChI is InChI=1S/C24H22N4O/c25-17-19-11-12-22(26-18-19)27-13-15-28(16-14-27)24(29)23(20-7-3-1-4-8-20)21-9-5-2-6-10-21/h1-12,18,23H,13-16H2. The molecule has 1 amide bonds. The lowest BCUT2D eigenvalue weighted by molar-refractivity contribution is -0.132. The number of rotatable bonds is 4. The number of nitriles is 1. The molecule has 0 saturated carbocycles. The molecule has 0 radical (unpaired) electrons. The summed E-state index contributed by atoms with van der Waals surface area (Å²) in [6, 6.07) is 25.7. The summed E-state index contributed by atoms with van der Waals surface area (Å²) in [6.45, 7) is 2.75. The Balaban J connectivity index is 1.50. The Morgan fingerprint density at radius 1 is 0.862 bits per heavy atom. The zero-order valence-electron chi connectivity index (χ0n) is 16.1. The summed E-state index contributed by atoms with van der Waals surface area (Å²) in [7, 11) is 0. The van der Waals surface area contributed by atoms with Gasteiger partial charge in [0.25, 0.3) is 0 Å². The first-order valence-electron chi connectivity index (χ1n) is 9.76. The number of aromatic nitrogens is 1. The lowest BCUT2D eigenvalue weighted by Crippen LogP contribution is -2.50. The molecule has 0 aliphatic carbocycles. The highest BCUT2D eigenvalue weighted by atomic mass is 16.2. The number of hydrogen-bond donors (Lipinski definition) is 0. The smallest absolute Gasteiger partial charge is 0.234 e. The number of carbonyl (C=O) groups is 1. The molecule has 1 aromatic heterocycles. The summed E-state index contributed by atoms with van der Waals surface area (Å²) >= 11 is 0. The molecule has 2 heterocycles. The molecular weight excluding hydrogens is 360 g/mol. The minimum atomic E-state index is -0.294. The maximum Gasteiger partial charge on any atom is 0.234 e. The van der Waals surface area contributed by atoms with Crippen LogP contribution in [0.5, 0.6) is 0 Å². The van der Waals surface area contributed by atoms with Crippen molar-refractivity contribution < 1.29 is 4.79 Å². The Morgan fingerprint density at radius 2 is 1.45 bits per heavy atom. The first-order valence-corrected chi connectivity index (χ1v) is 9.76. The lowest BCUT2D eigenvalue weighted by atomic mass is 9.90. The van der Waals surface area contributed by atoms with Gasteiger partial charge in [-0.1, -0.05) is 60.7 Å². The molecule has 0 atom stereocenters. The average molecular weight is 382 g/mol. The van der Waals surface area contributed by atoms with Gasteiger partial charge in [-0.3, -0.25) is 4.79 Å². The van der Waals surface area contributed by atoms with Crippen molar-refractivity contribution in [2.45, 2.75) is 5.92 Å². The number of anilines is 1. The van der Waals surface area contributed by atoms with Gasteiger partial charge >= 0.3 is 0 Å². The van der Waals surface area contributed by atoms with Gasteiger partial charge in [0.15, 0.2) is 0 Å². The molecular formula is C24H22N4O. The summed E-state index contributed by atoms with van der Waals surface area (Å²) in [6.07, 6.45) is 1.59. The van der Waals surface area contributed by atoms with E-state index >= 15 is 0 Å². The SMILES string of the molecule is N#Cc1ccc(N2CCN(C(=O)C(c3ccccc3)c3ccccc3)CC2)nc1. The molecule has 3 aromatic rings. The van der Waals surface area contributed by atoms with Gasteiger partial charge in [-0.25, -0.2) is 4.98 Å². The average Bonchev–Trinajstić information content (AvgIpc) is 2.81. The van der Waals surface area contributed by atoms with Crippen molar-refractivity contribution in [3.05, 3.63) is 95.7 Å². The van der Waals surface area contributed by atoms with Gasteiger partial charge in [0.05, 0.1) is 11.5 Å². The Hall–Kier alpha value is -3.65. The minimum absolute atomic E-state index is 0.134. The van der Waals surface area contributed by atoms with Crippen LogP contribution in [0.4, 0.5) is 5.82 Å². The molecule has 4 rings (SSSR count). The maximum atomic E-state index is 13.5. The van der Waals surface area contributed by atoms with Gasteiger partial charge in [0, 0.05) is 32.4 Å². The van der Waals surface area contributed by atoms with Gasteiger partial charge in [0.1, 0.15) is 11.9 Å². The number of nitrogens with zero attached hydrogens (tertiary/aromatic N) is 4. The fraction of sp³-hybridized carbons (Fsp3) is 0.208. The van der Waals surface area contributed by atoms with Crippen molar-refractivity contribution in [3.63, 3.8) is 0 Å². The van der Waals surface area contributed by atoms with E-state index in [1.54, 1.807) is 12.3 Å². The van der Waals surface area contributed by atoms with Crippen LogP contribution in [0.3, 0.4) is 0 Å². The van der Waals surface area contributed by atoms with Crippen LogP contribution in [0.1, 0.15) is 22.6 Å². The summed E-state index contributed by atoms with van der Waals surface area (Å²) in [4.78, 5) is 22.0. The highest BCUT2D eigenvalue weighted by Crippen LogP contribution is 2.27. The number of piperazine rings is 1. The minimum Gasteiger partial charge on any atom is -0.353 e. The summed E-state index contributed by atoms with van der Waals surface area (Å²) in [5.41, 5.74) is 2.58. The molecule has 0 bridgehead atoms. The highest BCUT2D eigenvalue weighted by Gasteiger charge is 2.30. The summed E-state index contributed by atoms with van der Waals surface area (Å²) in [5, 5.41) is 8.93. The molecule has 5 nitrogen and oxygen atoms in total. The molecule has 29 heavy (non-hydrogen) atoms. The van der Waals surface area contributed by atoms with Crippen LogP contribution in [0.2, 0.25) is 0 Å². The first kappa shape index (κ1) is 18.7. The second kappa shape index (κ2) is 8.57. The Labute approximate surface area is 170 Å². The van der Waals surface area contributed by atoms with Crippen LogP contribution in [0.15, 0.2) is 79.0 Å². The van der Waals surface area contributed by atoms with Crippen molar-refractivity contribution in [2.75, 3.05) is 31.1 Å². The Morgan fingerprint density at radius 3 is 1.93 bits per heavy atom. The largest absolute Gasteiger partial charge is 0.353 e. The second-order valence-corrected chi connectivity index (χ2v) is 7.08. The van der Waals surface area contributed by atoms with E-state index in [1.165, 1.54) is 0 Å². The van der Waals surface area contributed by atoms with E-state index in [-0.39, 0.29) is 11.8 Å². The quantitative estimate of drug-likeness (QED) is 0.694. The van der Waals surface area contributed by atoms with Crippen molar-refractivity contribution in [1.82, 2.24) is 9.88 Å².